The molecule has 0 unspecified atom stereocenters. The molecule has 1 amide bonds. The number of aromatic nitrogens is 2. The van der Waals surface area contributed by atoms with Crippen molar-refractivity contribution in [3.63, 3.8) is 0 Å². The van der Waals surface area contributed by atoms with Crippen molar-refractivity contribution in [3.05, 3.63) is 46.9 Å². The van der Waals surface area contributed by atoms with Gasteiger partial charge in [0.05, 0.1) is 5.75 Å². The molecular weight excluding hydrogens is 369 g/mol. The third kappa shape index (κ3) is 3.59. The van der Waals surface area contributed by atoms with Gasteiger partial charge in [-0.3, -0.25) is 4.79 Å². The van der Waals surface area contributed by atoms with Gasteiger partial charge in [-0.25, -0.2) is 14.4 Å². The van der Waals surface area contributed by atoms with Crippen LogP contribution in [-0.2, 0) is 17.6 Å². The monoisotopic (exact) mass is 387 g/mol. The minimum Gasteiger partial charge on any atom is -0.325 e. The number of hydrogen-bond donors (Lipinski definition) is 1. The van der Waals surface area contributed by atoms with Crippen LogP contribution >= 0.6 is 23.1 Å². The molecule has 0 radical (unpaired) electrons. The van der Waals surface area contributed by atoms with E-state index in [4.69, 9.17) is 0 Å². The number of fused-ring (bicyclic) bond motifs is 3. The van der Waals surface area contributed by atoms with Crippen LogP contribution < -0.4 is 5.32 Å². The standard InChI is InChI=1S/C19H18FN3OS2/c1-11-2-7-14-15(8-11)26-19-17(14)18(21-10-22-19)25-9-16(24)23-13-5-3-12(20)4-6-13/h3-6,10-11H,2,7-9H2,1H3,(H,23,24)/t11-/m1/s1. The van der Waals surface area contributed by atoms with E-state index in [1.807, 2.05) is 0 Å². The molecule has 2 aromatic heterocycles. The summed E-state index contributed by atoms with van der Waals surface area (Å²) in [5.41, 5.74) is 1.96. The molecule has 0 aliphatic heterocycles. The zero-order valence-corrected chi connectivity index (χ0v) is 15.9. The number of aryl methyl sites for hydroxylation is 1. The molecule has 4 nitrogen and oxygen atoms in total. The number of thiophene rings is 1. The lowest BCUT2D eigenvalue weighted by atomic mass is 9.89. The van der Waals surface area contributed by atoms with E-state index >= 15 is 0 Å². The maximum atomic E-state index is 12.9. The second-order valence-corrected chi connectivity index (χ2v) is 8.60. The number of nitrogens with one attached hydrogen (secondary N) is 1. The highest BCUT2D eigenvalue weighted by Gasteiger charge is 2.23. The summed E-state index contributed by atoms with van der Waals surface area (Å²) in [7, 11) is 0. The Labute approximate surface area is 159 Å². The third-order valence-corrected chi connectivity index (χ3v) is 6.68. The van der Waals surface area contributed by atoms with Crippen LogP contribution in [0.15, 0.2) is 35.6 Å². The van der Waals surface area contributed by atoms with Crippen molar-refractivity contribution in [1.29, 1.82) is 0 Å². The summed E-state index contributed by atoms with van der Waals surface area (Å²) in [6.45, 7) is 2.29. The Kier molecular flexibility index (Phi) is 4.91. The molecule has 1 atom stereocenters. The van der Waals surface area contributed by atoms with Gasteiger partial charge in [0.2, 0.25) is 5.91 Å². The molecule has 1 aromatic carbocycles. The first-order valence-corrected chi connectivity index (χ1v) is 10.3. The van der Waals surface area contributed by atoms with Crippen LogP contribution in [0.3, 0.4) is 0 Å². The Hall–Kier alpha value is -1.99. The maximum Gasteiger partial charge on any atom is 0.234 e. The summed E-state index contributed by atoms with van der Waals surface area (Å²) in [6.07, 6.45) is 4.92. The van der Waals surface area contributed by atoms with Crippen molar-refractivity contribution in [3.8, 4) is 0 Å². The molecule has 1 aliphatic rings. The predicted octanol–water partition coefficient (Wildman–Crippen LogP) is 4.69. The van der Waals surface area contributed by atoms with Gasteiger partial charge in [0.1, 0.15) is 22.0 Å². The number of benzene rings is 1. The lowest BCUT2D eigenvalue weighted by molar-refractivity contribution is -0.113. The Morgan fingerprint density at radius 3 is 2.96 bits per heavy atom. The molecule has 0 saturated heterocycles. The van der Waals surface area contributed by atoms with Crippen molar-refractivity contribution >= 4 is 44.9 Å². The third-order valence-electron chi connectivity index (χ3n) is 4.52. The topological polar surface area (TPSA) is 54.9 Å². The molecule has 0 spiro atoms. The van der Waals surface area contributed by atoms with E-state index in [-0.39, 0.29) is 17.5 Å². The molecule has 3 aromatic rings. The molecule has 2 heterocycles. The van der Waals surface area contributed by atoms with Gasteiger partial charge in [-0.05, 0) is 55.0 Å². The molecule has 134 valence electrons. The van der Waals surface area contributed by atoms with Gasteiger partial charge >= 0.3 is 0 Å². The Morgan fingerprint density at radius 1 is 1.35 bits per heavy atom. The molecule has 4 rings (SSSR count). The molecule has 7 heteroatoms. The first kappa shape index (κ1) is 17.4. The average molecular weight is 388 g/mol. The van der Waals surface area contributed by atoms with E-state index in [9.17, 15) is 9.18 Å². The number of halogens is 1. The second-order valence-electron chi connectivity index (χ2n) is 6.55. The summed E-state index contributed by atoms with van der Waals surface area (Å²) >= 11 is 3.18. The molecule has 1 aliphatic carbocycles. The normalized spacial score (nSPS) is 16.5. The SMILES string of the molecule is C[C@@H]1CCc2c(sc3ncnc(SCC(=O)Nc4ccc(F)cc4)c23)C1. The van der Waals surface area contributed by atoms with Crippen LogP contribution in [0, 0.1) is 11.7 Å². The molecular formula is C19H18FN3OS2. The minimum absolute atomic E-state index is 0.133. The van der Waals surface area contributed by atoms with Gasteiger partial charge in [0, 0.05) is 16.0 Å². The van der Waals surface area contributed by atoms with Crippen LogP contribution in [-0.4, -0.2) is 21.6 Å². The van der Waals surface area contributed by atoms with Crippen molar-refractivity contribution in [2.75, 3.05) is 11.1 Å². The van der Waals surface area contributed by atoms with Crippen LogP contribution in [0.5, 0.6) is 0 Å². The van der Waals surface area contributed by atoms with Crippen LogP contribution in [0.2, 0.25) is 0 Å². The quantitative estimate of drug-likeness (QED) is 0.521. The number of rotatable bonds is 4. The predicted molar refractivity (Wildman–Crippen MR) is 104 cm³/mol. The number of carbonyl (C=O) groups is 1. The molecule has 0 fully saturated rings. The summed E-state index contributed by atoms with van der Waals surface area (Å²) in [6, 6.07) is 5.76. The van der Waals surface area contributed by atoms with Crippen LogP contribution in [0.4, 0.5) is 10.1 Å². The zero-order valence-electron chi connectivity index (χ0n) is 14.3. The fraction of sp³-hybridized carbons (Fsp3) is 0.316. The van der Waals surface area contributed by atoms with E-state index in [2.05, 4.69) is 22.2 Å². The van der Waals surface area contributed by atoms with E-state index in [1.54, 1.807) is 29.8 Å². The highest BCUT2D eigenvalue weighted by Crippen LogP contribution is 2.40. The Balaban J connectivity index is 1.50. The fourth-order valence-corrected chi connectivity index (χ4v) is 5.46. The van der Waals surface area contributed by atoms with Crippen molar-refractivity contribution in [2.45, 2.75) is 31.2 Å². The summed E-state index contributed by atoms with van der Waals surface area (Å²) in [5.74, 6) is 0.509. The molecule has 26 heavy (non-hydrogen) atoms. The Bertz CT molecular complexity index is 955. The number of anilines is 1. The summed E-state index contributed by atoms with van der Waals surface area (Å²) < 4.78 is 12.9. The maximum absolute atomic E-state index is 12.9. The van der Waals surface area contributed by atoms with Crippen LogP contribution in [0.1, 0.15) is 23.8 Å². The highest BCUT2D eigenvalue weighted by molar-refractivity contribution is 8.00. The first-order chi connectivity index (χ1) is 12.6. The lowest BCUT2D eigenvalue weighted by Crippen LogP contribution is -2.14. The molecule has 1 N–H and O–H groups in total. The number of carbonyl (C=O) groups excluding carboxylic acids is 1. The van der Waals surface area contributed by atoms with Gasteiger partial charge in [-0.1, -0.05) is 18.7 Å². The molecule has 0 bridgehead atoms. The Morgan fingerprint density at radius 2 is 2.15 bits per heavy atom. The van der Waals surface area contributed by atoms with Crippen LogP contribution in [0.25, 0.3) is 10.2 Å². The largest absolute Gasteiger partial charge is 0.325 e. The second kappa shape index (κ2) is 7.32. The summed E-state index contributed by atoms with van der Waals surface area (Å²) in [5, 5.41) is 4.78. The number of nitrogens with zero attached hydrogens (tertiary/aromatic N) is 2. The zero-order chi connectivity index (χ0) is 18.1. The van der Waals surface area contributed by atoms with Crippen molar-refractivity contribution < 1.29 is 9.18 Å². The van der Waals surface area contributed by atoms with Gasteiger partial charge in [0.15, 0.2) is 0 Å². The minimum atomic E-state index is -0.322. The van der Waals surface area contributed by atoms with Gasteiger partial charge in [-0.2, -0.15) is 0 Å². The van der Waals surface area contributed by atoms with Gasteiger partial charge in [-0.15, -0.1) is 11.3 Å². The van der Waals surface area contributed by atoms with E-state index < -0.39 is 0 Å². The molecule has 0 saturated carbocycles. The van der Waals surface area contributed by atoms with Crippen molar-refractivity contribution in [2.24, 2.45) is 5.92 Å². The van der Waals surface area contributed by atoms with Crippen molar-refractivity contribution in [1.82, 2.24) is 9.97 Å². The lowest BCUT2D eigenvalue weighted by Gasteiger charge is -2.18. The van der Waals surface area contributed by atoms with E-state index in [0.29, 0.717) is 11.6 Å². The summed E-state index contributed by atoms with van der Waals surface area (Å²) in [4.78, 5) is 23.5. The fourth-order valence-electron chi connectivity index (χ4n) is 3.22. The average Bonchev–Trinajstić information content (AvgIpc) is 3.00. The number of amides is 1. The van der Waals surface area contributed by atoms with E-state index in [1.165, 1.54) is 40.8 Å². The van der Waals surface area contributed by atoms with Gasteiger partial charge in [0.25, 0.3) is 0 Å². The van der Waals surface area contributed by atoms with Gasteiger partial charge < -0.3 is 5.32 Å². The van der Waals surface area contributed by atoms with E-state index in [0.717, 1.165) is 28.1 Å². The smallest absolute Gasteiger partial charge is 0.234 e. The number of hydrogen-bond acceptors (Lipinski definition) is 5. The first-order valence-electron chi connectivity index (χ1n) is 8.53. The highest BCUT2D eigenvalue weighted by atomic mass is 32.2. The number of thioether (sulfide) groups is 1.